The van der Waals surface area contributed by atoms with Gasteiger partial charge in [-0.3, -0.25) is 9.78 Å². The number of hydrogen-bond donors (Lipinski definition) is 1. The predicted molar refractivity (Wildman–Crippen MR) is 95.5 cm³/mol. The van der Waals surface area contributed by atoms with Crippen molar-refractivity contribution in [3.63, 3.8) is 0 Å². The standard InChI is InChI=1S/C18H16N4OS/c1-12-3-2-4-14(9-12)22-17(15-10-24-11-16(15)21-22)20-18(23)13-5-7-19-8-6-13/h2-9H,10-11H2,1H3,(H,20,23). The quantitative estimate of drug-likeness (QED) is 0.794. The van der Waals surface area contributed by atoms with E-state index < -0.39 is 0 Å². The van der Waals surface area contributed by atoms with Crippen LogP contribution in [0, 0.1) is 6.92 Å². The lowest BCUT2D eigenvalue weighted by atomic mass is 10.2. The number of benzene rings is 1. The van der Waals surface area contributed by atoms with Gasteiger partial charge in [-0.05, 0) is 36.8 Å². The third kappa shape index (κ3) is 2.69. The van der Waals surface area contributed by atoms with Crippen LogP contribution in [0.1, 0.15) is 27.2 Å². The summed E-state index contributed by atoms with van der Waals surface area (Å²) in [6, 6.07) is 11.5. The SMILES string of the molecule is Cc1cccc(-n2nc3c(c2NC(=O)c2ccncc2)CSC3)c1. The molecule has 0 aliphatic carbocycles. The van der Waals surface area contributed by atoms with Crippen molar-refractivity contribution in [3.05, 3.63) is 71.2 Å². The average molecular weight is 336 g/mol. The molecular formula is C18H16N4OS. The van der Waals surface area contributed by atoms with Gasteiger partial charge in [0.1, 0.15) is 5.82 Å². The van der Waals surface area contributed by atoms with Gasteiger partial charge < -0.3 is 5.32 Å². The molecule has 0 saturated heterocycles. The number of rotatable bonds is 3. The Balaban J connectivity index is 1.75. The van der Waals surface area contributed by atoms with E-state index in [-0.39, 0.29) is 5.91 Å². The van der Waals surface area contributed by atoms with Crippen LogP contribution in [-0.2, 0) is 11.5 Å². The molecule has 120 valence electrons. The first-order valence-corrected chi connectivity index (χ1v) is 8.85. The van der Waals surface area contributed by atoms with E-state index >= 15 is 0 Å². The number of anilines is 1. The first kappa shape index (κ1) is 15.0. The Morgan fingerprint density at radius 1 is 1.21 bits per heavy atom. The van der Waals surface area contributed by atoms with Gasteiger partial charge in [0.25, 0.3) is 5.91 Å². The Kier molecular flexibility index (Phi) is 3.82. The molecule has 1 N–H and O–H groups in total. The summed E-state index contributed by atoms with van der Waals surface area (Å²) in [7, 11) is 0. The summed E-state index contributed by atoms with van der Waals surface area (Å²) in [6.07, 6.45) is 3.24. The molecule has 0 spiro atoms. The van der Waals surface area contributed by atoms with Gasteiger partial charge >= 0.3 is 0 Å². The fraction of sp³-hybridized carbons (Fsp3) is 0.167. The van der Waals surface area contributed by atoms with E-state index in [1.165, 1.54) is 0 Å². The number of fused-ring (bicyclic) bond motifs is 1. The molecule has 1 amide bonds. The topological polar surface area (TPSA) is 59.8 Å². The number of thioether (sulfide) groups is 1. The van der Waals surface area contributed by atoms with Crippen LogP contribution in [0.5, 0.6) is 0 Å². The van der Waals surface area contributed by atoms with Crippen molar-refractivity contribution in [2.75, 3.05) is 5.32 Å². The van der Waals surface area contributed by atoms with Crippen molar-refractivity contribution < 1.29 is 4.79 Å². The minimum atomic E-state index is -0.147. The minimum absolute atomic E-state index is 0.147. The Labute approximate surface area is 144 Å². The normalized spacial score (nSPS) is 12.9. The van der Waals surface area contributed by atoms with Gasteiger partial charge in [-0.2, -0.15) is 16.9 Å². The molecule has 0 atom stereocenters. The molecule has 5 nitrogen and oxygen atoms in total. The second-order valence-electron chi connectivity index (χ2n) is 5.71. The van der Waals surface area contributed by atoms with Crippen LogP contribution in [0.2, 0.25) is 0 Å². The van der Waals surface area contributed by atoms with Gasteiger partial charge in [-0.15, -0.1) is 0 Å². The van der Waals surface area contributed by atoms with Gasteiger partial charge in [-0.1, -0.05) is 12.1 Å². The summed E-state index contributed by atoms with van der Waals surface area (Å²) in [5.74, 6) is 2.37. The zero-order valence-corrected chi connectivity index (χ0v) is 14.0. The summed E-state index contributed by atoms with van der Waals surface area (Å²) in [5, 5.41) is 7.76. The molecule has 4 rings (SSSR count). The van der Waals surface area contributed by atoms with Crippen molar-refractivity contribution in [2.24, 2.45) is 0 Å². The van der Waals surface area contributed by atoms with Crippen LogP contribution in [-0.4, -0.2) is 20.7 Å². The largest absolute Gasteiger partial charge is 0.306 e. The Morgan fingerprint density at radius 3 is 2.83 bits per heavy atom. The maximum absolute atomic E-state index is 12.6. The lowest BCUT2D eigenvalue weighted by Crippen LogP contribution is -2.16. The van der Waals surface area contributed by atoms with Gasteiger partial charge in [0, 0.05) is 35.0 Å². The molecule has 0 unspecified atom stereocenters. The van der Waals surface area contributed by atoms with Crippen LogP contribution in [0.4, 0.5) is 5.82 Å². The van der Waals surface area contributed by atoms with Crippen molar-refractivity contribution in [3.8, 4) is 5.69 Å². The monoisotopic (exact) mass is 336 g/mol. The van der Waals surface area contributed by atoms with E-state index in [1.807, 2.05) is 41.6 Å². The van der Waals surface area contributed by atoms with Crippen LogP contribution in [0.15, 0.2) is 48.8 Å². The summed E-state index contributed by atoms with van der Waals surface area (Å²) < 4.78 is 1.84. The molecule has 3 aromatic rings. The highest BCUT2D eigenvalue weighted by atomic mass is 32.2. The number of amides is 1. The Hall–Kier alpha value is -2.60. The van der Waals surface area contributed by atoms with Crippen LogP contribution in [0.3, 0.4) is 0 Å². The average Bonchev–Trinajstić information content (AvgIpc) is 3.18. The maximum atomic E-state index is 12.6. The summed E-state index contributed by atoms with van der Waals surface area (Å²) in [6.45, 7) is 2.05. The van der Waals surface area contributed by atoms with Crippen molar-refractivity contribution in [1.29, 1.82) is 0 Å². The Morgan fingerprint density at radius 2 is 2.04 bits per heavy atom. The first-order valence-electron chi connectivity index (χ1n) is 7.69. The molecule has 0 fully saturated rings. The smallest absolute Gasteiger partial charge is 0.256 e. The lowest BCUT2D eigenvalue weighted by Gasteiger charge is -2.11. The molecule has 0 bridgehead atoms. The number of carbonyl (C=O) groups excluding carboxylic acids is 1. The second kappa shape index (κ2) is 6.13. The lowest BCUT2D eigenvalue weighted by molar-refractivity contribution is 0.102. The highest BCUT2D eigenvalue weighted by Crippen LogP contribution is 2.36. The fourth-order valence-electron chi connectivity index (χ4n) is 2.77. The van der Waals surface area contributed by atoms with Gasteiger partial charge in [0.15, 0.2) is 0 Å². The molecule has 2 aromatic heterocycles. The third-order valence-electron chi connectivity index (χ3n) is 3.97. The molecule has 0 radical (unpaired) electrons. The number of nitrogens with zero attached hydrogens (tertiary/aromatic N) is 3. The number of aryl methyl sites for hydroxylation is 1. The minimum Gasteiger partial charge on any atom is -0.306 e. The summed E-state index contributed by atoms with van der Waals surface area (Å²) >= 11 is 1.82. The van der Waals surface area contributed by atoms with Crippen molar-refractivity contribution in [1.82, 2.24) is 14.8 Å². The van der Waals surface area contributed by atoms with Crippen molar-refractivity contribution in [2.45, 2.75) is 18.4 Å². The van der Waals surface area contributed by atoms with E-state index in [9.17, 15) is 4.79 Å². The molecular weight excluding hydrogens is 320 g/mol. The molecule has 6 heteroatoms. The maximum Gasteiger partial charge on any atom is 0.256 e. The van der Waals surface area contributed by atoms with Gasteiger partial charge in [0.2, 0.25) is 0 Å². The number of nitrogens with one attached hydrogen (secondary N) is 1. The Bertz CT molecular complexity index is 905. The van der Waals surface area contributed by atoms with Crippen LogP contribution >= 0.6 is 11.8 Å². The van der Waals surface area contributed by atoms with Crippen molar-refractivity contribution >= 4 is 23.5 Å². The number of hydrogen-bond acceptors (Lipinski definition) is 4. The predicted octanol–water partition coefficient (Wildman–Crippen LogP) is 3.57. The molecule has 24 heavy (non-hydrogen) atoms. The molecule has 0 saturated carbocycles. The van der Waals surface area contributed by atoms with E-state index in [2.05, 4.69) is 16.4 Å². The molecule has 3 heterocycles. The van der Waals surface area contributed by atoms with Crippen LogP contribution < -0.4 is 5.32 Å². The fourth-order valence-corrected chi connectivity index (χ4v) is 3.81. The van der Waals surface area contributed by atoms with E-state index in [0.29, 0.717) is 5.56 Å². The molecule has 1 aromatic carbocycles. The second-order valence-corrected chi connectivity index (χ2v) is 6.69. The van der Waals surface area contributed by atoms with Gasteiger partial charge in [0.05, 0.1) is 11.4 Å². The van der Waals surface area contributed by atoms with E-state index in [0.717, 1.165) is 39.8 Å². The third-order valence-corrected chi connectivity index (χ3v) is 4.94. The van der Waals surface area contributed by atoms with E-state index in [1.54, 1.807) is 24.5 Å². The van der Waals surface area contributed by atoms with E-state index in [4.69, 9.17) is 5.10 Å². The first-order chi connectivity index (χ1) is 11.7. The van der Waals surface area contributed by atoms with Crippen LogP contribution in [0.25, 0.3) is 5.69 Å². The summed E-state index contributed by atoms with van der Waals surface area (Å²) in [5.41, 5.74) is 4.86. The summed E-state index contributed by atoms with van der Waals surface area (Å²) in [4.78, 5) is 16.5. The molecule has 1 aliphatic heterocycles. The number of aromatic nitrogens is 3. The molecule has 1 aliphatic rings. The number of pyridine rings is 1. The highest BCUT2D eigenvalue weighted by molar-refractivity contribution is 7.98. The van der Waals surface area contributed by atoms with Gasteiger partial charge in [-0.25, -0.2) is 4.68 Å². The number of carbonyl (C=O) groups is 1. The zero-order chi connectivity index (χ0) is 16.5. The zero-order valence-electron chi connectivity index (χ0n) is 13.2. The highest BCUT2D eigenvalue weighted by Gasteiger charge is 2.25.